The fraction of sp³-hybridized carbons (Fsp3) is 0.381. The number of carbonyl (C=O) groups excluding carboxylic acids is 1. The zero-order valence-electron chi connectivity index (χ0n) is 15.8. The molecule has 0 saturated heterocycles. The van der Waals surface area contributed by atoms with Gasteiger partial charge in [0.15, 0.2) is 5.82 Å². The summed E-state index contributed by atoms with van der Waals surface area (Å²) < 4.78 is 7.42. The van der Waals surface area contributed by atoms with Crippen LogP contribution in [0.25, 0.3) is 11.4 Å². The summed E-state index contributed by atoms with van der Waals surface area (Å²) in [6.45, 7) is 2.47. The van der Waals surface area contributed by atoms with Crippen molar-refractivity contribution in [2.24, 2.45) is 0 Å². The van der Waals surface area contributed by atoms with E-state index in [1.54, 1.807) is 16.5 Å². The lowest BCUT2D eigenvalue weighted by Gasteiger charge is -2.15. The number of oxazole rings is 1. The van der Waals surface area contributed by atoms with Crippen LogP contribution in [0.1, 0.15) is 53.3 Å². The van der Waals surface area contributed by atoms with Crippen LogP contribution in [0.3, 0.4) is 0 Å². The maximum absolute atomic E-state index is 12.8. The molecule has 2 heterocycles. The monoisotopic (exact) mass is 364 g/mol. The third-order valence-corrected chi connectivity index (χ3v) is 5.11. The second-order valence-corrected chi connectivity index (χ2v) is 7.08. The highest BCUT2D eigenvalue weighted by atomic mass is 16.4. The van der Waals surface area contributed by atoms with Gasteiger partial charge in [0.25, 0.3) is 5.91 Å². The van der Waals surface area contributed by atoms with Crippen molar-refractivity contribution in [1.29, 1.82) is 0 Å². The number of nitrogens with zero attached hydrogens (tertiary/aromatic N) is 4. The van der Waals surface area contributed by atoms with Gasteiger partial charge in [-0.05, 0) is 50.2 Å². The van der Waals surface area contributed by atoms with Gasteiger partial charge in [-0.1, -0.05) is 36.4 Å². The number of rotatable bonds is 5. The Morgan fingerprint density at radius 2 is 2.07 bits per heavy atom. The number of allylic oxidation sites excluding steroid dienone is 2. The Labute approximate surface area is 158 Å². The number of hydrogen-bond acceptors (Lipinski definition) is 4. The van der Waals surface area contributed by atoms with Crippen molar-refractivity contribution >= 4 is 17.3 Å². The van der Waals surface area contributed by atoms with E-state index in [4.69, 9.17) is 4.42 Å². The van der Waals surface area contributed by atoms with Crippen molar-refractivity contribution < 1.29 is 9.21 Å². The molecule has 6 nitrogen and oxygen atoms in total. The van der Waals surface area contributed by atoms with Crippen LogP contribution >= 0.6 is 0 Å². The smallest absolute Gasteiger partial charge is 0.325 e. The number of likely N-dealkylation sites (N-methyl/N-ethyl adjacent to an activating group) is 1. The van der Waals surface area contributed by atoms with Crippen LogP contribution in [-0.2, 0) is 6.42 Å². The molecular weight excluding hydrogens is 340 g/mol. The highest BCUT2D eigenvalue weighted by molar-refractivity contribution is 5.92. The largest absolute Gasteiger partial charge is 0.416 e. The van der Waals surface area contributed by atoms with E-state index in [-0.39, 0.29) is 5.91 Å². The highest BCUT2D eigenvalue weighted by Crippen LogP contribution is 2.26. The van der Waals surface area contributed by atoms with Crippen molar-refractivity contribution in [3.05, 3.63) is 59.2 Å². The van der Waals surface area contributed by atoms with Crippen LogP contribution in [0.5, 0.6) is 0 Å². The molecule has 0 atom stereocenters. The SMILES string of the molecule is Cc1c(C(=O)N(C)CCc2ccccc2)oc2nc(C3=CCCCC3)nn12. The maximum Gasteiger partial charge on any atom is 0.325 e. The Bertz CT molecular complexity index is 984. The number of fused-ring (bicyclic) bond motifs is 1. The minimum atomic E-state index is -0.144. The van der Waals surface area contributed by atoms with E-state index in [0.29, 0.717) is 29.7 Å². The summed E-state index contributed by atoms with van der Waals surface area (Å²) in [5.74, 6) is 1.26. The van der Waals surface area contributed by atoms with Gasteiger partial charge < -0.3 is 9.32 Å². The quantitative estimate of drug-likeness (QED) is 0.689. The predicted octanol–water partition coefficient (Wildman–Crippen LogP) is 3.90. The van der Waals surface area contributed by atoms with Gasteiger partial charge in [0.2, 0.25) is 5.76 Å². The summed E-state index contributed by atoms with van der Waals surface area (Å²) >= 11 is 0. The molecule has 1 aromatic carbocycles. The first-order valence-electron chi connectivity index (χ1n) is 9.48. The second-order valence-electron chi connectivity index (χ2n) is 7.08. The lowest BCUT2D eigenvalue weighted by atomic mass is 9.99. The predicted molar refractivity (Wildman–Crippen MR) is 104 cm³/mol. The van der Waals surface area contributed by atoms with Gasteiger partial charge in [0.05, 0.1) is 5.69 Å². The fourth-order valence-corrected chi connectivity index (χ4v) is 3.44. The molecule has 1 aliphatic rings. The average molecular weight is 364 g/mol. The number of amides is 1. The first kappa shape index (κ1) is 17.5. The van der Waals surface area contributed by atoms with E-state index in [0.717, 1.165) is 19.3 Å². The Kier molecular flexibility index (Phi) is 4.79. The van der Waals surface area contributed by atoms with Gasteiger partial charge >= 0.3 is 5.84 Å². The van der Waals surface area contributed by atoms with Gasteiger partial charge in [-0.2, -0.15) is 9.50 Å². The van der Waals surface area contributed by atoms with E-state index in [2.05, 4.69) is 28.3 Å². The van der Waals surface area contributed by atoms with E-state index < -0.39 is 0 Å². The number of benzene rings is 1. The fourth-order valence-electron chi connectivity index (χ4n) is 3.44. The molecule has 0 bridgehead atoms. The standard InChI is InChI=1S/C21H24N4O2/c1-15-18(20(26)24(2)14-13-16-9-5-3-6-10-16)27-21-22-19(23-25(15)21)17-11-7-4-8-12-17/h3,5-6,9-11H,4,7-8,12-14H2,1-2H3. The van der Waals surface area contributed by atoms with Crippen molar-refractivity contribution in [2.45, 2.75) is 39.0 Å². The third kappa shape index (κ3) is 3.52. The number of carbonyl (C=O) groups is 1. The molecule has 0 radical (unpaired) electrons. The molecule has 6 heteroatoms. The number of hydrogen-bond donors (Lipinski definition) is 0. The van der Waals surface area contributed by atoms with Gasteiger partial charge in [0, 0.05) is 13.6 Å². The number of aryl methyl sites for hydroxylation is 1. The zero-order chi connectivity index (χ0) is 18.8. The van der Waals surface area contributed by atoms with E-state index >= 15 is 0 Å². The highest BCUT2D eigenvalue weighted by Gasteiger charge is 2.24. The van der Waals surface area contributed by atoms with Crippen LogP contribution in [0.2, 0.25) is 0 Å². The number of aromatic nitrogens is 3. The molecule has 0 saturated carbocycles. The Hall–Kier alpha value is -2.89. The molecule has 1 aliphatic carbocycles. The lowest BCUT2D eigenvalue weighted by Crippen LogP contribution is -2.29. The van der Waals surface area contributed by atoms with Gasteiger partial charge in [-0.15, -0.1) is 5.10 Å². The molecule has 27 heavy (non-hydrogen) atoms. The van der Waals surface area contributed by atoms with Crippen LogP contribution in [-0.4, -0.2) is 39.0 Å². The first-order valence-corrected chi connectivity index (χ1v) is 9.48. The van der Waals surface area contributed by atoms with Gasteiger partial charge in [0.1, 0.15) is 0 Å². The van der Waals surface area contributed by atoms with Gasteiger partial charge in [-0.3, -0.25) is 4.79 Å². The maximum atomic E-state index is 12.8. The molecule has 0 aliphatic heterocycles. The molecule has 0 unspecified atom stereocenters. The minimum absolute atomic E-state index is 0.144. The molecule has 3 aromatic rings. The van der Waals surface area contributed by atoms with Crippen LogP contribution in [0, 0.1) is 6.92 Å². The average Bonchev–Trinajstić information content (AvgIpc) is 3.26. The van der Waals surface area contributed by atoms with Crippen molar-refractivity contribution in [2.75, 3.05) is 13.6 Å². The molecule has 4 rings (SSSR count). The van der Waals surface area contributed by atoms with Crippen LogP contribution < -0.4 is 0 Å². The molecule has 140 valence electrons. The summed E-state index contributed by atoms with van der Waals surface area (Å²) in [5.41, 5.74) is 3.07. The molecule has 0 N–H and O–H groups in total. The topological polar surface area (TPSA) is 63.6 Å². The lowest BCUT2D eigenvalue weighted by molar-refractivity contribution is 0.0766. The van der Waals surface area contributed by atoms with Gasteiger partial charge in [-0.25, -0.2) is 0 Å². The van der Waals surface area contributed by atoms with Crippen molar-refractivity contribution in [3.63, 3.8) is 0 Å². The Balaban J connectivity index is 1.51. The van der Waals surface area contributed by atoms with E-state index in [1.165, 1.54) is 24.0 Å². The van der Waals surface area contributed by atoms with Crippen molar-refractivity contribution in [3.8, 4) is 0 Å². The van der Waals surface area contributed by atoms with E-state index in [1.807, 2.05) is 25.1 Å². The summed E-state index contributed by atoms with van der Waals surface area (Å²) in [6.07, 6.45) is 7.47. The minimum Gasteiger partial charge on any atom is -0.416 e. The summed E-state index contributed by atoms with van der Waals surface area (Å²) in [6, 6.07) is 10.1. The van der Waals surface area contributed by atoms with Crippen LogP contribution in [0.4, 0.5) is 0 Å². The normalized spacial score (nSPS) is 14.4. The molecular formula is C21H24N4O2. The molecule has 0 fully saturated rings. The van der Waals surface area contributed by atoms with Crippen molar-refractivity contribution in [1.82, 2.24) is 19.5 Å². The Morgan fingerprint density at radius 3 is 2.78 bits per heavy atom. The zero-order valence-corrected chi connectivity index (χ0v) is 15.8. The molecule has 1 amide bonds. The summed E-state index contributed by atoms with van der Waals surface area (Å²) in [5, 5.41) is 4.56. The first-order chi connectivity index (χ1) is 13.1. The summed E-state index contributed by atoms with van der Waals surface area (Å²) in [7, 11) is 1.79. The summed E-state index contributed by atoms with van der Waals surface area (Å²) in [4.78, 5) is 19.0. The molecule has 2 aromatic heterocycles. The third-order valence-electron chi connectivity index (χ3n) is 5.11. The van der Waals surface area contributed by atoms with Crippen LogP contribution in [0.15, 0.2) is 40.8 Å². The van der Waals surface area contributed by atoms with E-state index in [9.17, 15) is 4.79 Å². The second kappa shape index (κ2) is 7.39. The Morgan fingerprint density at radius 1 is 1.26 bits per heavy atom. The molecule has 0 spiro atoms.